The second-order valence-electron chi connectivity index (χ2n) is 4.86. The number of carbonyl (C=O) groups excluding carboxylic acids is 1. The van der Waals surface area contributed by atoms with Crippen LogP contribution in [0.15, 0.2) is 47.9 Å². The maximum absolute atomic E-state index is 12.5. The summed E-state index contributed by atoms with van der Waals surface area (Å²) in [5, 5.41) is 4.18. The van der Waals surface area contributed by atoms with E-state index in [-0.39, 0.29) is 12.0 Å². The Hall–Kier alpha value is -2.64. The van der Waals surface area contributed by atoms with E-state index in [4.69, 9.17) is 0 Å². The Morgan fingerprint density at radius 2 is 2.04 bits per heavy atom. The lowest BCUT2D eigenvalue weighted by Gasteiger charge is -2.23. The van der Waals surface area contributed by atoms with Gasteiger partial charge in [-0.3, -0.25) is 14.3 Å². The van der Waals surface area contributed by atoms with Crippen molar-refractivity contribution in [3.05, 3.63) is 53.3 Å². The van der Waals surface area contributed by atoms with E-state index in [1.165, 1.54) is 10.8 Å². The Morgan fingerprint density at radius 1 is 1.35 bits per heavy atom. The Bertz CT molecular complexity index is 783. The average molecular weight is 325 g/mol. The number of fused-ring (bicyclic) bond motifs is 1. The molecule has 0 atom stereocenters. The molecule has 0 radical (unpaired) electrons. The van der Waals surface area contributed by atoms with Crippen molar-refractivity contribution in [2.24, 2.45) is 0 Å². The first-order valence-electron chi connectivity index (χ1n) is 6.72. The highest BCUT2D eigenvalue weighted by molar-refractivity contribution is 5.81. The monoisotopic (exact) mass is 325 g/mol. The van der Waals surface area contributed by atoms with E-state index in [0.717, 1.165) is 6.20 Å². The number of nitrogens with zero attached hydrogens (tertiary/aromatic N) is 3. The Balaban J connectivity index is 2.30. The van der Waals surface area contributed by atoms with Crippen molar-refractivity contribution in [3.8, 4) is 0 Å². The molecule has 0 aliphatic carbocycles. The summed E-state index contributed by atoms with van der Waals surface area (Å²) in [4.78, 5) is 24.5. The van der Waals surface area contributed by atoms with Crippen LogP contribution in [0.25, 0.3) is 10.9 Å². The quantitative estimate of drug-likeness (QED) is 0.790. The molecule has 0 spiro atoms. The summed E-state index contributed by atoms with van der Waals surface area (Å²) in [6.07, 6.45) is -2.24. The van der Waals surface area contributed by atoms with E-state index in [2.05, 4.69) is 11.7 Å². The predicted molar refractivity (Wildman–Crippen MR) is 78.8 cm³/mol. The molecule has 1 heterocycles. The summed E-state index contributed by atoms with van der Waals surface area (Å²) < 4.78 is 38.8. The van der Waals surface area contributed by atoms with Gasteiger partial charge in [0.1, 0.15) is 13.1 Å². The van der Waals surface area contributed by atoms with E-state index >= 15 is 0 Å². The van der Waals surface area contributed by atoms with Crippen molar-refractivity contribution < 1.29 is 18.0 Å². The minimum absolute atomic E-state index is 0.226. The molecule has 1 amide bonds. The van der Waals surface area contributed by atoms with Crippen molar-refractivity contribution in [2.45, 2.75) is 12.7 Å². The molecule has 0 bridgehead atoms. The fraction of sp³-hybridized carbons (Fsp3) is 0.267. The third kappa shape index (κ3) is 4.18. The molecule has 0 fully saturated rings. The third-order valence-corrected chi connectivity index (χ3v) is 3.12. The van der Waals surface area contributed by atoms with E-state index in [9.17, 15) is 22.8 Å². The van der Waals surface area contributed by atoms with Crippen LogP contribution in [0.3, 0.4) is 0 Å². The van der Waals surface area contributed by atoms with Gasteiger partial charge >= 0.3 is 6.18 Å². The molecule has 1 aromatic carbocycles. The highest BCUT2D eigenvalue weighted by Crippen LogP contribution is 2.17. The smallest absolute Gasteiger partial charge is 0.328 e. The van der Waals surface area contributed by atoms with Crippen LogP contribution in [0, 0.1) is 0 Å². The molecule has 23 heavy (non-hydrogen) atoms. The Morgan fingerprint density at radius 3 is 2.70 bits per heavy atom. The van der Waals surface area contributed by atoms with Crippen LogP contribution in [0.2, 0.25) is 0 Å². The largest absolute Gasteiger partial charge is 0.406 e. The zero-order valence-electron chi connectivity index (χ0n) is 12.1. The summed E-state index contributed by atoms with van der Waals surface area (Å²) >= 11 is 0. The fourth-order valence-corrected chi connectivity index (χ4v) is 2.14. The van der Waals surface area contributed by atoms with E-state index in [1.807, 2.05) is 0 Å². The summed E-state index contributed by atoms with van der Waals surface area (Å²) in [6, 6.07) is 6.46. The van der Waals surface area contributed by atoms with Gasteiger partial charge in [-0.1, -0.05) is 18.2 Å². The predicted octanol–water partition coefficient (Wildman–Crippen LogP) is 1.97. The van der Waals surface area contributed by atoms with Gasteiger partial charge in [0.25, 0.3) is 0 Å². The van der Waals surface area contributed by atoms with Gasteiger partial charge < -0.3 is 4.90 Å². The Labute approximate surface area is 129 Å². The number of alkyl halides is 3. The zero-order valence-corrected chi connectivity index (χ0v) is 12.1. The molecular weight excluding hydrogens is 311 g/mol. The van der Waals surface area contributed by atoms with Gasteiger partial charge in [-0.2, -0.15) is 18.3 Å². The molecule has 0 saturated carbocycles. The lowest BCUT2D eigenvalue weighted by molar-refractivity contribution is -0.160. The van der Waals surface area contributed by atoms with Crippen LogP contribution in [0.4, 0.5) is 13.2 Å². The minimum atomic E-state index is -4.50. The van der Waals surface area contributed by atoms with Crippen LogP contribution < -0.4 is 5.43 Å². The molecule has 0 unspecified atom stereocenters. The zero-order chi connectivity index (χ0) is 17.0. The van der Waals surface area contributed by atoms with Gasteiger partial charge in [0, 0.05) is 11.9 Å². The minimum Gasteiger partial charge on any atom is -0.328 e. The summed E-state index contributed by atoms with van der Waals surface area (Å²) in [5.41, 5.74) is 0.0708. The van der Waals surface area contributed by atoms with E-state index in [1.54, 1.807) is 24.3 Å². The molecule has 5 nitrogen and oxygen atoms in total. The van der Waals surface area contributed by atoms with Crippen molar-refractivity contribution in [3.63, 3.8) is 0 Å². The fourth-order valence-electron chi connectivity index (χ4n) is 2.14. The van der Waals surface area contributed by atoms with Gasteiger partial charge in [0.2, 0.25) is 11.3 Å². The first-order chi connectivity index (χ1) is 10.8. The maximum Gasteiger partial charge on any atom is 0.406 e. The normalized spacial score (nSPS) is 11.4. The van der Waals surface area contributed by atoms with Crippen molar-refractivity contribution >= 4 is 16.8 Å². The number of benzene rings is 1. The summed E-state index contributed by atoms with van der Waals surface area (Å²) in [6.45, 7) is 1.37. The van der Waals surface area contributed by atoms with Gasteiger partial charge in [-0.05, 0) is 12.1 Å². The van der Waals surface area contributed by atoms with Crippen LogP contribution in [0.5, 0.6) is 0 Å². The Kier molecular flexibility index (Phi) is 4.83. The molecule has 0 aliphatic rings. The third-order valence-electron chi connectivity index (χ3n) is 3.12. The molecule has 0 aliphatic heterocycles. The van der Waals surface area contributed by atoms with Crippen molar-refractivity contribution in [1.29, 1.82) is 0 Å². The first kappa shape index (κ1) is 16.7. The number of aromatic nitrogens is 2. The molecule has 0 N–H and O–H groups in total. The van der Waals surface area contributed by atoms with E-state index in [0.29, 0.717) is 15.8 Å². The van der Waals surface area contributed by atoms with Gasteiger partial charge in [-0.15, -0.1) is 6.58 Å². The summed E-state index contributed by atoms with van der Waals surface area (Å²) in [5.74, 6) is -0.761. The molecule has 8 heteroatoms. The number of para-hydroxylation sites is 1. The lowest BCUT2D eigenvalue weighted by Crippen LogP contribution is -2.41. The molecular formula is C15H14F3N3O2. The highest BCUT2D eigenvalue weighted by Gasteiger charge is 2.32. The van der Waals surface area contributed by atoms with Crippen LogP contribution >= 0.6 is 0 Å². The van der Waals surface area contributed by atoms with Gasteiger partial charge in [0.05, 0.1) is 11.7 Å². The molecule has 2 rings (SSSR count). The molecule has 2 aromatic rings. The molecule has 1 aromatic heterocycles. The number of hydrogen-bond acceptors (Lipinski definition) is 3. The van der Waals surface area contributed by atoms with Gasteiger partial charge in [-0.25, -0.2) is 0 Å². The number of amides is 1. The second-order valence-corrected chi connectivity index (χ2v) is 4.86. The highest BCUT2D eigenvalue weighted by atomic mass is 19.4. The van der Waals surface area contributed by atoms with Crippen LogP contribution in [0.1, 0.15) is 0 Å². The SMILES string of the molecule is C=CCN(CC(F)(F)F)C(=O)Cn1ncc(=O)c2ccccc21. The summed E-state index contributed by atoms with van der Waals surface area (Å²) in [7, 11) is 0. The second kappa shape index (κ2) is 6.64. The molecule has 0 saturated heterocycles. The number of halogens is 3. The topological polar surface area (TPSA) is 55.2 Å². The van der Waals surface area contributed by atoms with Crippen molar-refractivity contribution in [1.82, 2.24) is 14.7 Å². The number of carbonyl (C=O) groups is 1. The first-order valence-corrected chi connectivity index (χ1v) is 6.72. The van der Waals surface area contributed by atoms with Gasteiger partial charge in [0.15, 0.2) is 0 Å². The van der Waals surface area contributed by atoms with Crippen LogP contribution in [-0.4, -0.2) is 39.9 Å². The molecule has 122 valence electrons. The standard InChI is InChI=1S/C15H14F3N3O2/c1-2-7-20(10-15(16,17)18)14(23)9-21-12-6-4-3-5-11(12)13(22)8-19-21/h2-6,8H,1,7,9-10H2. The lowest BCUT2D eigenvalue weighted by atomic mass is 10.2. The maximum atomic E-state index is 12.5. The number of hydrogen-bond donors (Lipinski definition) is 0. The number of rotatable bonds is 5. The average Bonchev–Trinajstić information content (AvgIpc) is 2.48. The van der Waals surface area contributed by atoms with E-state index < -0.39 is 25.2 Å². The van der Waals surface area contributed by atoms with Crippen LogP contribution in [-0.2, 0) is 11.3 Å². The van der Waals surface area contributed by atoms with Crippen molar-refractivity contribution in [2.75, 3.05) is 13.1 Å².